The van der Waals surface area contributed by atoms with Gasteiger partial charge in [-0.25, -0.2) is 16.8 Å². The van der Waals surface area contributed by atoms with Crippen molar-refractivity contribution >= 4 is 31.4 Å². The van der Waals surface area contributed by atoms with E-state index in [0.717, 1.165) is 6.26 Å². The second-order valence-corrected chi connectivity index (χ2v) is 8.98. The van der Waals surface area contributed by atoms with Crippen LogP contribution in [0.15, 0.2) is 21.7 Å². The van der Waals surface area contributed by atoms with Crippen molar-refractivity contribution in [2.24, 2.45) is 0 Å². The Morgan fingerprint density at radius 1 is 1.00 bits per heavy atom. The first kappa shape index (κ1) is 18.3. The van der Waals surface area contributed by atoms with E-state index >= 15 is 0 Å². The molecule has 0 spiro atoms. The second-order valence-electron chi connectivity index (χ2n) is 5.61. The number of hydrogen-bond acceptors (Lipinski definition) is 6. The van der Waals surface area contributed by atoms with Crippen molar-refractivity contribution in [1.82, 2.24) is 5.16 Å². The molecule has 132 valence electrons. The molecule has 2 aromatic rings. The Labute approximate surface area is 141 Å². The first-order valence-electron chi connectivity index (χ1n) is 6.95. The van der Waals surface area contributed by atoms with Crippen LogP contribution in [0.25, 0.3) is 0 Å². The SMILES string of the molecule is Cc1cc(C)c(S(=O)(=O)Nc2cnoc2C)c(C)c1NS(C)(=O)=O. The van der Waals surface area contributed by atoms with Gasteiger partial charge in [-0.05, 0) is 44.4 Å². The van der Waals surface area contributed by atoms with Gasteiger partial charge in [0, 0.05) is 0 Å². The number of anilines is 2. The summed E-state index contributed by atoms with van der Waals surface area (Å²) >= 11 is 0. The molecule has 8 nitrogen and oxygen atoms in total. The number of rotatable bonds is 5. The summed E-state index contributed by atoms with van der Waals surface area (Å²) in [6.45, 7) is 6.50. The van der Waals surface area contributed by atoms with Crippen LogP contribution in [0.1, 0.15) is 22.5 Å². The van der Waals surface area contributed by atoms with Crippen LogP contribution in [0.3, 0.4) is 0 Å². The van der Waals surface area contributed by atoms with Crippen LogP contribution in [0, 0.1) is 27.7 Å². The van der Waals surface area contributed by atoms with Gasteiger partial charge in [0.25, 0.3) is 10.0 Å². The van der Waals surface area contributed by atoms with Crippen LogP contribution in [-0.4, -0.2) is 28.2 Å². The third-order valence-electron chi connectivity index (χ3n) is 3.45. The highest BCUT2D eigenvalue weighted by atomic mass is 32.2. The fourth-order valence-electron chi connectivity index (χ4n) is 2.52. The van der Waals surface area contributed by atoms with E-state index in [4.69, 9.17) is 4.52 Å². The van der Waals surface area contributed by atoms with E-state index in [9.17, 15) is 16.8 Å². The smallest absolute Gasteiger partial charge is 0.262 e. The Morgan fingerprint density at radius 2 is 1.62 bits per heavy atom. The first-order valence-corrected chi connectivity index (χ1v) is 10.3. The monoisotopic (exact) mass is 373 g/mol. The first-order chi connectivity index (χ1) is 10.9. The minimum atomic E-state index is -3.95. The summed E-state index contributed by atoms with van der Waals surface area (Å²) in [5, 5.41) is 3.53. The van der Waals surface area contributed by atoms with Crippen LogP contribution in [0.4, 0.5) is 11.4 Å². The van der Waals surface area contributed by atoms with Crippen molar-refractivity contribution in [3.63, 3.8) is 0 Å². The normalized spacial score (nSPS) is 12.2. The zero-order valence-corrected chi connectivity index (χ0v) is 15.6. The molecule has 0 radical (unpaired) electrons. The van der Waals surface area contributed by atoms with E-state index in [2.05, 4.69) is 14.6 Å². The van der Waals surface area contributed by atoms with E-state index in [1.54, 1.807) is 33.8 Å². The van der Waals surface area contributed by atoms with Gasteiger partial charge >= 0.3 is 0 Å². The molecule has 24 heavy (non-hydrogen) atoms. The number of aryl methyl sites for hydroxylation is 3. The third kappa shape index (κ3) is 3.70. The summed E-state index contributed by atoms with van der Waals surface area (Å²) in [6.07, 6.45) is 2.28. The molecule has 0 fully saturated rings. The molecule has 0 unspecified atom stereocenters. The molecule has 0 aliphatic rings. The van der Waals surface area contributed by atoms with Gasteiger partial charge in [0.1, 0.15) is 5.69 Å². The molecular weight excluding hydrogens is 354 g/mol. The highest BCUT2D eigenvalue weighted by Gasteiger charge is 2.25. The summed E-state index contributed by atoms with van der Waals surface area (Å²) in [4.78, 5) is 0.0138. The topological polar surface area (TPSA) is 118 Å². The predicted molar refractivity (Wildman–Crippen MR) is 91.2 cm³/mol. The number of hydrogen-bond donors (Lipinski definition) is 2. The van der Waals surface area contributed by atoms with Gasteiger partial charge in [-0.2, -0.15) is 0 Å². The molecule has 1 aromatic carbocycles. The lowest BCUT2D eigenvalue weighted by atomic mass is 10.1. The highest BCUT2D eigenvalue weighted by molar-refractivity contribution is 7.93. The van der Waals surface area contributed by atoms with Gasteiger partial charge in [0.05, 0.1) is 23.0 Å². The van der Waals surface area contributed by atoms with E-state index < -0.39 is 20.0 Å². The Kier molecular flexibility index (Phi) is 4.64. The lowest BCUT2D eigenvalue weighted by Crippen LogP contribution is -2.19. The average molecular weight is 373 g/mol. The number of nitrogens with zero attached hydrogens (tertiary/aromatic N) is 1. The maximum absolute atomic E-state index is 12.8. The highest BCUT2D eigenvalue weighted by Crippen LogP contribution is 2.32. The maximum Gasteiger partial charge on any atom is 0.262 e. The van der Waals surface area contributed by atoms with Gasteiger partial charge in [-0.1, -0.05) is 11.2 Å². The minimum Gasteiger partial charge on any atom is -0.359 e. The van der Waals surface area contributed by atoms with E-state index in [1.165, 1.54) is 6.20 Å². The van der Waals surface area contributed by atoms with Gasteiger partial charge in [-0.3, -0.25) is 9.44 Å². The van der Waals surface area contributed by atoms with Gasteiger partial charge in [0.2, 0.25) is 10.0 Å². The standard InChI is InChI=1S/C14H19N3O5S2/c1-8-6-9(2)14(10(3)13(8)17-23(5,18)19)24(20,21)16-12-7-15-22-11(12)4/h6-7,16-17H,1-5H3. The number of benzene rings is 1. The van der Waals surface area contributed by atoms with Crippen molar-refractivity contribution in [2.45, 2.75) is 32.6 Å². The predicted octanol–water partition coefficient (Wildman–Crippen LogP) is 2.08. The van der Waals surface area contributed by atoms with Crippen LogP contribution in [-0.2, 0) is 20.0 Å². The van der Waals surface area contributed by atoms with Gasteiger partial charge in [0.15, 0.2) is 5.76 Å². The number of aromatic nitrogens is 1. The van der Waals surface area contributed by atoms with Gasteiger partial charge in [-0.15, -0.1) is 0 Å². The van der Waals surface area contributed by atoms with Crippen molar-refractivity contribution in [3.8, 4) is 0 Å². The molecule has 0 aliphatic carbocycles. The van der Waals surface area contributed by atoms with Crippen LogP contribution in [0.2, 0.25) is 0 Å². The minimum absolute atomic E-state index is 0.0138. The van der Waals surface area contributed by atoms with Crippen LogP contribution >= 0.6 is 0 Å². The summed E-state index contributed by atoms with van der Waals surface area (Å²) < 4.78 is 58.3. The molecule has 1 aromatic heterocycles. The maximum atomic E-state index is 12.8. The third-order valence-corrected chi connectivity index (χ3v) is 5.68. The van der Waals surface area contributed by atoms with Crippen molar-refractivity contribution < 1.29 is 21.4 Å². The molecule has 0 atom stereocenters. The molecular formula is C14H19N3O5S2. The molecule has 0 saturated carbocycles. The molecule has 10 heteroatoms. The summed E-state index contributed by atoms with van der Waals surface area (Å²) in [7, 11) is -7.49. The van der Waals surface area contributed by atoms with Crippen LogP contribution in [0.5, 0.6) is 0 Å². The largest absolute Gasteiger partial charge is 0.359 e. The Morgan fingerprint density at radius 3 is 2.12 bits per heavy atom. The van der Waals surface area contributed by atoms with Crippen molar-refractivity contribution in [3.05, 3.63) is 34.7 Å². The lowest BCUT2D eigenvalue weighted by Gasteiger charge is -2.18. The summed E-state index contributed by atoms with van der Waals surface area (Å²) in [6, 6.07) is 1.62. The fraction of sp³-hybridized carbons (Fsp3) is 0.357. The van der Waals surface area contributed by atoms with Crippen LogP contribution < -0.4 is 9.44 Å². The van der Waals surface area contributed by atoms with Gasteiger partial charge < -0.3 is 4.52 Å². The molecule has 0 bridgehead atoms. The van der Waals surface area contributed by atoms with E-state index in [0.29, 0.717) is 22.5 Å². The molecule has 1 heterocycles. The van der Waals surface area contributed by atoms with Crippen molar-refractivity contribution in [2.75, 3.05) is 15.7 Å². The molecule has 2 N–H and O–H groups in total. The summed E-state index contributed by atoms with van der Waals surface area (Å²) in [5.74, 6) is 0.329. The zero-order valence-electron chi connectivity index (χ0n) is 14.0. The van der Waals surface area contributed by atoms with E-state index in [-0.39, 0.29) is 16.3 Å². The molecule has 0 saturated heterocycles. The molecule has 0 aliphatic heterocycles. The Hall–Kier alpha value is -2.07. The lowest BCUT2D eigenvalue weighted by molar-refractivity contribution is 0.398. The summed E-state index contributed by atoms with van der Waals surface area (Å²) in [5.41, 5.74) is 1.94. The van der Waals surface area contributed by atoms with E-state index in [1.807, 2.05) is 0 Å². The second kappa shape index (κ2) is 6.10. The quantitative estimate of drug-likeness (QED) is 0.828. The number of sulfonamides is 2. The molecule has 2 rings (SSSR count). The average Bonchev–Trinajstić information content (AvgIpc) is 2.77. The van der Waals surface area contributed by atoms with Crippen molar-refractivity contribution in [1.29, 1.82) is 0 Å². The zero-order chi connectivity index (χ0) is 18.3. The molecule has 0 amide bonds. The Bertz CT molecular complexity index is 992. The number of nitrogens with one attached hydrogen (secondary N) is 2. The Balaban J connectivity index is 2.61. The fourth-order valence-corrected chi connectivity index (χ4v) is 4.78.